The second kappa shape index (κ2) is 7.24. The Balaban J connectivity index is 2.47. The van der Waals surface area contributed by atoms with Gasteiger partial charge in [0.1, 0.15) is 0 Å². The highest BCUT2D eigenvalue weighted by atomic mass is 19.4. The van der Waals surface area contributed by atoms with Gasteiger partial charge in [0.25, 0.3) is 0 Å². The lowest BCUT2D eigenvalue weighted by Crippen LogP contribution is -2.59. The first-order valence-electron chi connectivity index (χ1n) is 7.52. The fourth-order valence-electron chi connectivity index (χ4n) is 2.65. The molecule has 3 nitrogen and oxygen atoms in total. The zero-order valence-corrected chi connectivity index (χ0v) is 13.8. The third kappa shape index (κ3) is 3.93. The summed E-state index contributed by atoms with van der Waals surface area (Å²) in [4.78, 5) is 13.0. The van der Waals surface area contributed by atoms with Gasteiger partial charge in [-0.15, -0.1) is 0 Å². The number of benzene rings is 1. The van der Waals surface area contributed by atoms with Gasteiger partial charge in [-0.25, -0.2) is 9.18 Å². The summed E-state index contributed by atoms with van der Waals surface area (Å²) >= 11 is 0. The van der Waals surface area contributed by atoms with Gasteiger partial charge in [0, 0.05) is 18.9 Å². The molecule has 1 aromatic rings. The molecule has 0 aliphatic carbocycles. The van der Waals surface area contributed by atoms with Crippen molar-refractivity contribution in [3.8, 4) is 0 Å². The highest BCUT2D eigenvalue weighted by Gasteiger charge is 2.76. The zero-order valence-electron chi connectivity index (χ0n) is 13.8. The normalized spacial score (nSPS) is 18.3. The summed E-state index contributed by atoms with van der Waals surface area (Å²) in [5.41, 5.74) is -6.07. The number of rotatable bonds is 4. The van der Waals surface area contributed by atoms with Crippen molar-refractivity contribution in [2.75, 3.05) is 7.11 Å². The monoisotopic (exact) mass is 397 g/mol. The minimum atomic E-state index is -6.30. The number of methoxy groups -OCH3 is 1. The van der Waals surface area contributed by atoms with Crippen LogP contribution in [0.25, 0.3) is 0 Å². The molecule has 10 heteroatoms. The molecule has 0 spiro atoms. The first-order chi connectivity index (χ1) is 12.4. The number of allylic oxidation sites excluding steroid dienone is 1. The molecule has 1 aromatic carbocycles. The number of halogens is 7. The topological polar surface area (TPSA) is 29.5 Å². The van der Waals surface area contributed by atoms with Gasteiger partial charge in [0.2, 0.25) is 0 Å². The van der Waals surface area contributed by atoms with Crippen LogP contribution in [0.2, 0.25) is 0 Å². The molecule has 27 heavy (non-hydrogen) atoms. The molecule has 0 fully saturated rings. The van der Waals surface area contributed by atoms with Crippen molar-refractivity contribution < 1.29 is 40.3 Å². The summed E-state index contributed by atoms with van der Waals surface area (Å²) in [7, 11) is 0.779. The summed E-state index contributed by atoms with van der Waals surface area (Å²) < 4.78 is 97.0. The van der Waals surface area contributed by atoms with Crippen molar-refractivity contribution in [2.45, 2.75) is 24.6 Å². The van der Waals surface area contributed by atoms with Gasteiger partial charge in [0.05, 0.1) is 18.6 Å². The Bertz CT molecular complexity index is 724. The summed E-state index contributed by atoms with van der Waals surface area (Å²) in [6.07, 6.45) is -10.6. The molecule has 1 atom stereocenters. The summed E-state index contributed by atoms with van der Waals surface area (Å²) in [5, 5.41) is 0. The number of nitrogens with zero attached hydrogens (tertiary/aromatic N) is 1. The quantitative estimate of drug-likeness (QED) is 0.553. The molecule has 1 heterocycles. The van der Waals surface area contributed by atoms with Crippen molar-refractivity contribution in [3.63, 3.8) is 0 Å². The van der Waals surface area contributed by atoms with Crippen molar-refractivity contribution in [1.82, 2.24) is 4.90 Å². The number of ether oxygens (including phenoxy) is 1. The molecule has 0 bridgehead atoms. The Morgan fingerprint density at radius 1 is 1.04 bits per heavy atom. The van der Waals surface area contributed by atoms with Crippen molar-refractivity contribution in [1.29, 1.82) is 0 Å². The van der Waals surface area contributed by atoms with Crippen molar-refractivity contribution in [3.05, 3.63) is 59.9 Å². The first-order valence-corrected chi connectivity index (χ1v) is 7.52. The Kier molecular flexibility index (Phi) is 5.58. The fourth-order valence-corrected chi connectivity index (χ4v) is 2.65. The molecule has 0 N–H and O–H groups in total. The molecule has 1 unspecified atom stereocenters. The van der Waals surface area contributed by atoms with E-state index >= 15 is 0 Å². The smallest absolute Gasteiger partial charge is 0.432 e. The maximum absolute atomic E-state index is 14.4. The van der Waals surface area contributed by atoms with Gasteiger partial charge in [0.15, 0.2) is 0 Å². The molecule has 2 rings (SSSR count). The van der Waals surface area contributed by atoms with Gasteiger partial charge in [-0.2, -0.15) is 26.3 Å². The number of alkyl halides is 7. The van der Waals surface area contributed by atoms with Crippen LogP contribution in [0, 0.1) is 5.92 Å². The maximum atomic E-state index is 14.4. The second-order valence-electron chi connectivity index (χ2n) is 5.76. The van der Waals surface area contributed by atoms with Crippen LogP contribution in [-0.4, -0.2) is 36.0 Å². The molecule has 0 saturated carbocycles. The van der Waals surface area contributed by atoms with Crippen LogP contribution in [0.5, 0.6) is 0 Å². The van der Waals surface area contributed by atoms with Gasteiger partial charge >= 0.3 is 24.0 Å². The van der Waals surface area contributed by atoms with Crippen LogP contribution in [0.1, 0.15) is 5.56 Å². The third-order valence-electron chi connectivity index (χ3n) is 3.99. The molecular weight excluding hydrogens is 383 g/mol. The Hall–Kier alpha value is -2.52. The Morgan fingerprint density at radius 3 is 2.07 bits per heavy atom. The van der Waals surface area contributed by atoms with Crippen molar-refractivity contribution >= 4 is 5.97 Å². The lowest BCUT2D eigenvalue weighted by molar-refractivity contribution is -0.350. The highest BCUT2D eigenvalue weighted by Crippen LogP contribution is 2.53. The molecule has 0 amide bonds. The van der Waals surface area contributed by atoms with E-state index in [1.165, 1.54) is 4.90 Å². The molecule has 1 aliphatic rings. The van der Waals surface area contributed by atoms with Gasteiger partial charge < -0.3 is 9.64 Å². The average Bonchev–Trinajstić information content (AvgIpc) is 2.59. The number of carbonyl (C=O) groups is 1. The largest absolute Gasteiger partial charge is 0.466 e. The van der Waals surface area contributed by atoms with Gasteiger partial charge in [-0.05, 0) is 5.56 Å². The van der Waals surface area contributed by atoms with Crippen LogP contribution in [-0.2, 0) is 16.1 Å². The number of hydrogen-bond acceptors (Lipinski definition) is 3. The molecule has 0 saturated heterocycles. The molecule has 148 valence electrons. The molecule has 0 aromatic heterocycles. The van der Waals surface area contributed by atoms with Crippen LogP contribution in [0.3, 0.4) is 0 Å². The van der Waals surface area contributed by atoms with E-state index in [0.717, 1.165) is 19.5 Å². The van der Waals surface area contributed by atoms with Crippen LogP contribution in [0.15, 0.2) is 54.4 Å². The summed E-state index contributed by atoms with van der Waals surface area (Å²) in [6, 6.07) is 8.39. The fraction of sp³-hybridized carbons (Fsp3) is 0.353. The second-order valence-corrected chi connectivity index (χ2v) is 5.76. The minimum Gasteiger partial charge on any atom is -0.466 e. The SMILES string of the molecule is COC(=O)C1=CN(Cc2ccccc2)C=CC1C(F)(C(F)(F)F)C(F)(F)F. The van der Waals surface area contributed by atoms with E-state index in [4.69, 9.17) is 0 Å². The third-order valence-corrected chi connectivity index (χ3v) is 3.99. The zero-order chi connectivity index (χ0) is 20.5. The maximum Gasteiger partial charge on any atom is 0.432 e. The van der Waals surface area contributed by atoms with Crippen LogP contribution >= 0.6 is 0 Å². The molecular formula is C17H14F7NO2. The van der Waals surface area contributed by atoms with E-state index in [-0.39, 0.29) is 6.54 Å². The lowest BCUT2D eigenvalue weighted by atomic mass is 9.80. The summed E-state index contributed by atoms with van der Waals surface area (Å²) in [6.45, 7) is 0.0435. The number of esters is 1. The molecule has 1 aliphatic heterocycles. The van der Waals surface area contributed by atoms with Gasteiger partial charge in [-0.1, -0.05) is 36.4 Å². The lowest BCUT2D eigenvalue weighted by Gasteiger charge is -2.37. The average molecular weight is 397 g/mol. The Morgan fingerprint density at radius 2 is 1.59 bits per heavy atom. The molecule has 0 radical (unpaired) electrons. The van der Waals surface area contributed by atoms with E-state index in [0.29, 0.717) is 11.6 Å². The highest BCUT2D eigenvalue weighted by molar-refractivity contribution is 5.90. The minimum absolute atomic E-state index is 0.0435. The van der Waals surface area contributed by atoms with Crippen molar-refractivity contribution in [2.24, 2.45) is 5.92 Å². The predicted molar refractivity (Wildman–Crippen MR) is 80.7 cm³/mol. The standard InChI is InChI=1S/C17H14F7NO2/c1-27-14(26)12-10-25(9-11-5-3-2-4-6-11)8-7-13(12)15(18,16(19,20)21)17(22,23)24/h2-8,10,13H,9H2,1H3. The van der Waals surface area contributed by atoms with E-state index in [1.54, 1.807) is 30.3 Å². The van der Waals surface area contributed by atoms with Crippen LogP contribution < -0.4 is 0 Å². The van der Waals surface area contributed by atoms with E-state index in [9.17, 15) is 35.5 Å². The Labute approximate surface area is 149 Å². The number of carbonyl (C=O) groups excluding carboxylic acids is 1. The first kappa shape index (κ1) is 20.8. The van der Waals surface area contributed by atoms with Gasteiger partial charge in [-0.3, -0.25) is 0 Å². The summed E-state index contributed by atoms with van der Waals surface area (Å²) in [5.74, 6) is -4.42. The van der Waals surface area contributed by atoms with E-state index in [2.05, 4.69) is 4.74 Å². The van der Waals surface area contributed by atoms with E-state index in [1.807, 2.05) is 0 Å². The number of hydrogen-bond donors (Lipinski definition) is 0. The van der Waals surface area contributed by atoms with E-state index < -0.39 is 35.5 Å². The predicted octanol–water partition coefficient (Wildman–Crippen LogP) is 4.52. The van der Waals surface area contributed by atoms with Crippen LogP contribution in [0.4, 0.5) is 30.7 Å².